The lowest BCUT2D eigenvalue weighted by Crippen LogP contribution is -2.46. The highest BCUT2D eigenvalue weighted by atomic mass is 16.5. The Hall–Kier alpha value is -2.41. The van der Waals surface area contributed by atoms with E-state index >= 15 is 0 Å². The van der Waals surface area contributed by atoms with Gasteiger partial charge in [0.2, 0.25) is 0 Å². The van der Waals surface area contributed by atoms with Gasteiger partial charge in [-0.15, -0.1) is 0 Å². The van der Waals surface area contributed by atoms with Crippen LogP contribution in [0.2, 0.25) is 0 Å². The first-order valence-electron chi connectivity index (χ1n) is 9.20. The average Bonchev–Trinajstić information content (AvgIpc) is 3.11. The fraction of sp³-hybridized carbons (Fsp3) is 0.526. The van der Waals surface area contributed by atoms with Crippen molar-refractivity contribution in [3.8, 4) is 0 Å². The minimum Gasteiger partial charge on any atom is -0.373 e. The maximum atomic E-state index is 12.6. The number of ether oxygens (including phenoxy) is 1. The van der Waals surface area contributed by atoms with Crippen LogP contribution in [0.4, 0.5) is 4.79 Å². The molecule has 0 aromatic carbocycles. The summed E-state index contributed by atoms with van der Waals surface area (Å²) in [4.78, 5) is 18.5. The molecule has 1 aliphatic heterocycles. The van der Waals surface area contributed by atoms with Gasteiger partial charge in [0.05, 0.1) is 24.9 Å². The summed E-state index contributed by atoms with van der Waals surface area (Å²) >= 11 is 0. The molecule has 2 aromatic rings. The maximum Gasteiger partial charge on any atom is 0.317 e. The van der Waals surface area contributed by atoms with Crippen LogP contribution in [-0.2, 0) is 18.4 Å². The number of urea groups is 1. The molecule has 3 heterocycles. The second kappa shape index (κ2) is 8.80. The van der Waals surface area contributed by atoms with Crippen LogP contribution < -0.4 is 5.32 Å². The van der Waals surface area contributed by atoms with Gasteiger partial charge in [-0.3, -0.25) is 9.67 Å². The van der Waals surface area contributed by atoms with E-state index in [4.69, 9.17) is 4.74 Å². The summed E-state index contributed by atoms with van der Waals surface area (Å²) in [6.45, 7) is 4.07. The van der Waals surface area contributed by atoms with Gasteiger partial charge in [0.25, 0.3) is 0 Å². The van der Waals surface area contributed by atoms with Gasteiger partial charge in [-0.2, -0.15) is 5.10 Å². The number of nitrogens with one attached hydrogen (secondary N) is 1. The van der Waals surface area contributed by atoms with Crippen LogP contribution in [0.15, 0.2) is 36.9 Å². The minimum absolute atomic E-state index is 0.00393. The summed E-state index contributed by atoms with van der Waals surface area (Å²) in [5.74, 6) is 0. The monoisotopic (exact) mass is 357 g/mol. The van der Waals surface area contributed by atoms with Crippen molar-refractivity contribution < 1.29 is 9.53 Å². The van der Waals surface area contributed by atoms with Crippen molar-refractivity contribution in [2.24, 2.45) is 7.05 Å². The minimum atomic E-state index is -0.00795. The Kier molecular flexibility index (Phi) is 6.22. The summed E-state index contributed by atoms with van der Waals surface area (Å²) in [5, 5.41) is 7.31. The molecule has 1 atom stereocenters. The zero-order valence-electron chi connectivity index (χ0n) is 15.5. The van der Waals surface area contributed by atoms with E-state index in [2.05, 4.69) is 22.3 Å². The van der Waals surface area contributed by atoms with Gasteiger partial charge in [-0.25, -0.2) is 4.79 Å². The van der Waals surface area contributed by atoms with Gasteiger partial charge in [0.1, 0.15) is 0 Å². The molecule has 0 radical (unpaired) electrons. The Morgan fingerprint density at radius 3 is 2.81 bits per heavy atom. The molecule has 1 N–H and O–H groups in total. The number of hydrogen-bond acceptors (Lipinski definition) is 4. The van der Waals surface area contributed by atoms with Crippen LogP contribution in [0, 0.1) is 0 Å². The third-order valence-corrected chi connectivity index (χ3v) is 4.77. The van der Waals surface area contributed by atoms with E-state index in [9.17, 15) is 4.79 Å². The van der Waals surface area contributed by atoms with Crippen molar-refractivity contribution in [1.29, 1.82) is 0 Å². The highest BCUT2D eigenvalue weighted by Gasteiger charge is 2.25. The fourth-order valence-corrected chi connectivity index (χ4v) is 3.20. The number of pyridine rings is 1. The number of carbonyl (C=O) groups is 1. The molecule has 140 valence electrons. The van der Waals surface area contributed by atoms with Crippen molar-refractivity contribution in [3.05, 3.63) is 48.0 Å². The Morgan fingerprint density at radius 1 is 1.38 bits per heavy atom. The van der Waals surface area contributed by atoms with Gasteiger partial charge in [-0.1, -0.05) is 13.0 Å². The predicted molar refractivity (Wildman–Crippen MR) is 98.4 cm³/mol. The molecule has 7 heteroatoms. The Labute approximate surface area is 154 Å². The molecule has 3 rings (SSSR count). The Balaban J connectivity index is 1.44. The summed E-state index contributed by atoms with van der Waals surface area (Å²) in [7, 11) is 1.88. The van der Waals surface area contributed by atoms with Gasteiger partial charge in [0.15, 0.2) is 0 Å². The molecule has 0 unspecified atom stereocenters. The first kappa shape index (κ1) is 18.4. The molecule has 0 bridgehead atoms. The molecule has 0 saturated carbocycles. The topological polar surface area (TPSA) is 72.3 Å². The number of nitrogens with zero attached hydrogens (tertiary/aromatic N) is 4. The molecule has 1 saturated heterocycles. The van der Waals surface area contributed by atoms with Gasteiger partial charge >= 0.3 is 6.03 Å². The van der Waals surface area contributed by atoms with Crippen molar-refractivity contribution in [3.63, 3.8) is 0 Å². The molecule has 2 aromatic heterocycles. The van der Waals surface area contributed by atoms with Crippen molar-refractivity contribution in [2.45, 2.75) is 44.9 Å². The second-order valence-corrected chi connectivity index (χ2v) is 6.72. The Morgan fingerprint density at radius 2 is 2.19 bits per heavy atom. The SMILES string of the molecule is CC[C@@H](NC(=O)N1CCC(OCc2cccnc2)CC1)c1cnn(C)c1. The summed E-state index contributed by atoms with van der Waals surface area (Å²) < 4.78 is 7.72. The number of rotatable bonds is 6. The Bertz CT molecular complexity index is 695. The maximum absolute atomic E-state index is 12.6. The smallest absolute Gasteiger partial charge is 0.317 e. The van der Waals surface area contributed by atoms with E-state index in [1.54, 1.807) is 10.9 Å². The highest BCUT2D eigenvalue weighted by Crippen LogP contribution is 2.19. The van der Waals surface area contributed by atoms with E-state index in [0.717, 1.165) is 30.4 Å². The molecule has 0 spiro atoms. The van der Waals surface area contributed by atoms with Crippen molar-refractivity contribution in [2.75, 3.05) is 13.1 Å². The van der Waals surface area contributed by atoms with E-state index in [0.29, 0.717) is 19.7 Å². The standard InChI is InChI=1S/C19H27N5O2/c1-3-18(16-12-21-23(2)13-16)22-19(25)24-9-6-17(7-10-24)26-14-15-5-4-8-20-11-15/h4-5,8,11-13,17-18H,3,6-7,9-10,14H2,1-2H3,(H,22,25)/t18-/m1/s1. The zero-order valence-corrected chi connectivity index (χ0v) is 15.5. The number of amides is 2. The van der Waals surface area contributed by atoms with Crippen LogP contribution in [0.5, 0.6) is 0 Å². The molecule has 7 nitrogen and oxygen atoms in total. The molecular weight excluding hydrogens is 330 g/mol. The lowest BCUT2D eigenvalue weighted by molar-refractivity contribution is 0.00417. The van der Waals surface area contributed by atoms with Crippen molar-refractivity contribution >= 4 is 6.03 Å². The molecule has 26 heavy (non-hydrogen) atoms. The lowest BCUT2D eigenvalue weighted by Gasteiger charge is -2.33. The number of aryl methyl sites for hydroxylation is 1. The van der Waals surface area contributed by atoms with E-state index in [1.807, 2.05) is 42.7 Å². The molecule has 1 aliphatic rings. The van der Waals surface area contributed by atoms with Crippen LogP contribution in [0.25, 0.3) is 0 Å². The summed E-state index contributed by atoms with van der Waals surface area (Å²) in [6.07, 6.45) is 10.1. The number of hydrogen-bond donors (Lipinski definition) is 1. The first-order chi connectivity index (χ1) is 12.7. The number of likely N-dealkylation sites (tertiary alicyclic amines) is 1. The van der Waals surface area contributed by atoms with Crippen LogP contribution in [-0.4, -0.2) is 44.9 Å². The number of piperidine rings is 1. The average molecular weight is 357 g/mol. The summed E-state index contributed by atoms with van der Waals surface area (Å²) in [6, 6.07) is 3.92. The van der Waals surface area contributed by atoms with Gasteiger partial charge in [0, 0.05) is 44.3 Å². The highest BCUT2D eigenvalue weighted by molar-refractivity contribution is 5.74. The van der Waals surface area contributed by atoms with E-state index in [1.165, 1.54) is 0 Å². The van der Waals surface area contributed by atoms with Crippen molar-refractivity contribution in [1.82, 2.24) is 25.0 Å². The quantitative estimate of drug-likeness (QED) is 0.863. The normalized spacial score (nSPS) is 16.5. The van der Waals surface area contributed by atoms with Crippen LogP contribution in [0.3, 0.4) is 0 Å². The third-order valence-electron chi connectivity index (χ3n) is 4.77. The van der Waals surface area contributed by atoms with Crippen LogP contribution in [0.1, 0.15) is 43.4 Å². The molecule has 2 amide bonds. The molecule has 0 aliphatic carbocycles. The largest absolute Gasteiger partial charge is 0.373 e. The van der Waals surface area contributed by atoms with E-state index in [-0.39, 0.29) is 18.2 Å². The van der Waals surface area contributed by atoms with Gasteiger partial charge in [-0.05, 0) is 30.9 Å². The van der Waals surface area contributed by atoms with E-state index < -0.39 is 0 Å². The van der Waals surface area contributed by atoms with Gasteiger partial charge < -0.3 is 15.0 Å². The molecular formula is C19H27N5O2. The third kappa shape index (κ3) is 4.82. The number of aromatic nitrogens is 3. The second-order valence-electron chi connectivity index (χ2n) is 6.72. The fourth-order valence-electron chi connectivity index (χ4n) is 3.20. The molecule has 1 fully saturated rings. The van der Waals surface area contributed by atoms with Crippen LogP contribution >= 0.6 is 0 Å². The zero-order chi connectivity index (χ0) is 18.4. The summed E-state index contributed by atoms with van der Waals surface area (Å²) in [5.41, 5.74) is 2.12. The number of carbonyl (C=O) groups excluding carboxylic acids is 1. The first-order valence-corrected chi connectivity index (χ1v) is 9.20. The lowest BCUT2D eigenvalue weighted by atomic mass is 10.1. The predicted octanol–water partition coefficient (Wildman–Crippen LogP) is 2.66.